The molecule has 2 unspecified atom stereocenters. The van der Waals surface area contributed by atoms with Crippen LogP contribution in [0.3, 0.4) is 0 Å². The molecule has 0 nitrogen and oxygen atoms in total. The molecule has 0 aromatic rings. The Labute approximate surface area is 116 Å². The van der Waals surface area contributed by atoms with E-state index in [0.717, 1.165) is 17.1 Å². The maximum absolute atomic E-state index is 2.50. The number of hydrogen-bond donors (Lipinski definition) is 0. The zero-order valence-corrected chi connectivity index (χ0v) is 13.3. The Balaban J connectivity index is 1.72. The Hall–Kier alpha value is 0.700. The topological polar surface area (TPSA) is 0 Å². The van der Waals surface area contributed by atoms with Gasteiger partial charge in [-0.25, -0.2) is 0 Å². The van der Waals surface area contributed by atoms with Crippen molar-refractivity contribution in [2.45, 2.75) is 69.3 Å². The summed E-state index contributed by atoms with van der Waals surface area (Å²) in [6.45, 7) is 7.43. The largest absolute Gasteiger partial charge is 0.156 e. The summed E-state index contributed by atoms with van der Waals surface area (Å²) in [4.78, 5) is 0. The summed E-state index contributed by atoms with van der Waals surface area (Å²) in [5, 5.41) is 0.990. The van der Waals surface area contributed by atoms with E-state index in [-0.39, 0.29) is 0 Å². The summed E-state index contributed by atoms with van der Waals surface area (Å²) in [7, 11) is 0. The quantitative estimate of drug-likeness (QED) is 0.608. The molecule has 0 amide bonds. The third-order valence-electron chi connectivity index (χ3n) is 4.33. The van der Waals surface area contributed by atoms with Gasteiger partial charge in [-0.1, -0.05) is 52.9 Å². The zero-order chi connectivity index (χ0) is 12.3. The molecule has 2 fully saturated rings. The van der Waals surface area contributed by atoms with Crippen LogP contribution >= 0.6 is 23.5 Å². The molecule has 17 heavy (non-hydrogen) atoms. The standard InChI is InChI=1S/C15H28S2/c1-12(13-7-5-4-6-8-13)9-15(2,3)17-11-14-10-16-14/h12-14H,4-11H2,1-3H3. The van der Waals surface area contributed by atoms with Gasteiger partial charge in [-0.3, -0.25) is 0 Å². The average Bonchev–Trinajstić information content (AvgIpc) is 3.11. The fourth-order valence-electron chi connectivity index (χ4n) is 3.19. The highest BCUT2D eigenvalue weighted by atomic mass is 32.2. The summed E-state index contributed by atoms with van der Waals surface area (Å²) in [5.41, 5.74) is 0. The van der Waals surface area contributed by atoms with E-state index in [0.29, 0.717) is 4.75 Å². The molecule has 1 aliphatic heterocycles. The Bertz CT molecular complexity index is 227. The molecular weight excluding hydrogens is 244 g/mol. The molecule has 2 rings (SSSR count). The summed E-state index contributed by atoms with van der Waals surface area (Å²) >= 11 is 4.36. The minimum atomic E-state index is 0.500. The van der Waals surface area contributed by atoms with E-state index in [1.165, 1.54) is 50.0 Å². The fourth-order valence-corrected chi connectivity index (χ4v) is 5.31. The Morgan fingerprint density at radius 1 is 1.24 bits per heavy atom. The van der Waals surface area contributed by atoms with Gasteiger partial charge in [-0.15, -0.1) is 0 Å². The highest BCUT2D eigenvalue weighted by Crippen LogP contribution is 2.42. The Kier molecular flexibility index (Phi) is 5.18. The van der Waals surface area contributed by atoms with E-state index >= 15 is 0 Å². The fraction of sp³-hybridized carbons (Fsp3) is 1.00. The van der Waals surface area contributed by atoms with Crippen LogP contribution in [0, 0.1) is 11.8 Å². The van der Waals surface area contributed by atoms with Gasteiger partial charge in [-0.05, 0) is 18.3 Å². The van der Waals surface area contributed by atoms with Crippen molar-refractivity contribution >= 4 is 23.5 Å². The average molecular weight is 273 g/mol. The molecule has 0 N–H and O–H groups in total. The first-order valence-electron chi connectivity index (χ1n) is 7.32. The van der Waals surface area contributed by atoms with Crippen molar-refractivity contribution in [3.8, 4) is 0 Å². The van der Waals surface area contributed by atoms with E-state index < -0.39 is 0 Å². The molecule has 1 saturated heterocycles. The molecule has 0 spiro atoms. The van der Waals surface area contributed by atoms with Crippen LogP contribution in [0.5, 0.6) is 0 Å². The van der Waals surface area contributed by atoms with Crippen LogP contribution < -0.4 is 0 Å². The Morgan fingerprint density at radius 3 is 2.47 bits per heavy atom. The predicted octanol–water partition coefficient (Wildman–Crippen LogP) is 5.22. The molecule has 100 valence electrons. The Morgan fingerprint density at radius 2 is 1.88 bits per heavy atom. The maximum Gasteiger partial charge on any atom is 0.0229 e. The first kappa shape index (κ1) is 14.1. The summed E-state index contributed by atoms with van der Waals surface area (Å²) in [5.74, 6) is 4.76. The van der Waals surface area contributed by atoms with Crippen molar-refractivity contribution in [3.05, 3.63) is 0 Å². The minimum absolute atomic E-state index is 0.500. The normalized spacial score (nSPS) is 28.1. The summed E-state index contributed by atoms with van der Waals surface area (Å²) in [6.07, 6.45) is 8.88. The third-order valence-corrected chi connectivity index (χ3v) is 7.03. The van der Waals surface area contributed by atoms with Crippen molar-refractivity contribution in [2.75, 3.05) is 11.5 Å². The van der Waals surface area contributed by atoms with Crippen LogP contribution in [0.15, 0.2) is 0 Å². The number of thioether (sulfide) groups is 2. The van der Waals surface area contributed by atoms with Crippen LogP contribution in [0.2, 0.25) is 0 Å². The van der Waals surface area contributed by atoms with Crippen molar-refractivity contribution in [1.29, 1.82) is 0 Å². The van der Waals surface area contributed by atoms with E-state index in [1.54, 1.807) is 0 Å². The van der Waals surface area contributed by atoms with Crippen LogP contribution in [-0.4, -0.2) is 21.5 Å². The maximum atomic E-state index is 2.50. The van der Waals surface area contributed by atoms with E-state index in [9.17, 15) is 0 Å². The van der Waals surface area contributed by atoms with Crippen molar-refractivity contribution in [1.82, 2.24) is 0 Å². The highest BCUT2D eigenvalue weighted by Gasteiger charge is 2.30. The van der Waals surface area contributed by atoms with Crippen molar-refractivity contribution in [2.24, 2.45) is 11.8 Å². The third kappa shape index (κ3) is 5.06. The molecule has 0 bridgehead atoms. The lowest BCUT2D eigenvalue weighted by atomic mass is 9.77. The van der Waals surface area contributed by atoms with Crippen LogP contribution in [0.4, 0.5) is 0 Å². The first-order valence-corrected chi connectivity index (χ1v) is 9.36. The summed E-state index contributed by atoms with van der Waals surface area (Å²) < 4.78 is 0.500. The first-order chi connectivity index (χ1) is 8.07. The van der Waals surface area contributed by atoms with Gasteiger partial charge < -0.3 is 0 Å². The molecule has 0 radical (unpaired) electrons. The molecule has 2 aliphatic rings. The van der Waals surface area contributed by atoms with E-state index in [2.05, 4.69) is 44.3 Å². The van der Waals surface area contributed by atoms with Crippen molar-refractivity contribution in [3.63, 3.8) is 0 Å². The predicted molar refractivity (Wildman–Crippen MR) is 83.1 cm³/mol. The van der Waals surface area contributed by atoms with Crippen molar-refractivity contribution < 1.29 is 0 Å². The van der Waals surface area contributed by atoms with Gasteiger partial charge in [0.25, 0.3) is 0 Å². The van der Waals surface area contributed by atoms with Gasteiger partial charge >= 0.3 is 0 Å². The van der Waals surface area contributed by atoms with Crippen LogP contribution in [0.25, 0.3) is 0 Å². The lowest BCUT2D eigenvalue weighted by Gasteiger charge is -2.34. The van der Waals surface area contributed by atoms with Gasteiger partial charge in [0.05, 0.1) is 0 Å². The second kappa shape index (κ2) is 6.23. The second-order valence-corrected chi connectivity index (χ2v) is 9.67. The van der Waals surface area contributed by atoms with Crippen LogP contribution in [0.1, 0.15) is 59.3 Å². The molecule has 0 aromatic heterocycles. The van der Waals surface area contributed by atoms with Gasteiger partial charge in [-0.2, -0.15) is 23.5 Å². The molecule has 0 aromatic carbocycles. The number of rotatable bonds is 6. The van der Waals surface area contributed by atoms with Gasteiger partial charge in [0.1, 0.15) is 0 Å². The molecular formula is C15H28S2. The van der Waals surface area contributed by atoms with Gasteiger partial charge in [0.15, 0.2) is 0 Å². The molecule has 1 saturated carbocycles. The second-order valence-electron chi connectivity index (χ2n) is 6.61. The smallest absolute Gasteiger partial charge is 0.0229 e. The molecule has 2 heteroatoms. The minimum Gasteiger partial charge on any atom is -0.156 e. The molecule has 1 aliphatic carbocycles. The lowest BCUT2D eigenvalue weighted by molar-refractivity contribution is 0.241. The molecule has 1 heterocycles. The zero-order valence-electron chi connectivity index (χ0n) is 11.7. The number of hydrogen-bond acceptors (Lipinski definition) is 2. The summed E-state index contributed by atoms with van der Waals surface area (Å²) in [6, 6.07) is 0. The van der Waals surface area contributed by atoms with Gasteiger partial charge in [0.2, 0.25) is 0 Å². The van der Waals surface area contributed by atoms with Gasteiger partial charge in [0, 0.05) is 21.5 Å². The van der Waals surface area contributed by atoms with E-state index in [1.807, 2.05) is 0 Å². The SMILES string of the molecule is CC(CC(C)(C)SCC1CS1)C1CCCCC1. The molecule has 2 atom stereocenters. The highest BCUT2D eigenvalue weighted by molar-refractivity contribution is 8.09. The monoisotopic (exact) mass is 272 g/mol. The lowest BCUT2D eigenvalue weighted by Crippen LogP contribution is -2.25. The van der Waals surface area contributed by atoms with Crippen LogP contribution in [-0.2, 0) is 0 Å². The van der Waals surface area contributed by atoms with E-state index in [4.69, 9.17) is 0 Å².